The van der Waals surface area contributed by atoms with Crippen molar-refractivity contribution < 1.29 is 4.74 Å². The number of nitrogens with two attached hydrogens (primary N) is 1. The zero-order chi connectivity index (χ0) is 10.5. The molecule has 90 valence electrons. The maximum atomic E-state index is 5.59. The molecular weight excluding hydrogens is 226 g/mol. The van der Waals surface area contributed by atoms with Crippen LogP contribution in [0.5, 0.6) is 0 Å². The predicted molar refractivity (Wildman–Crippen MR) is 65.6 cm³/mol. The topological polar surface area (TPSA) is 51.4 Å². The van der Waals surface area contributed by atoms with Gasteiger partial charge in [-0.05, 0) is 11.6 Å². The Bertz CT molecular complexity index is 297. The Morgan fingerprint density at radius 1 is 1.56 bits per heavy atom. The molecule has 0 saturated carbocycles. The lowest BCUT2D eigenvalue weighted by atomic mass is 10.2. The molecule has 0 amide bonds. The molecule has 1 atom stereocenters. The summed E-state index contributed by atoms with van der Waals surface area (Å²) in [6, 6.07) is 4.07. The van der Waals surface area contributed by atoms with Gasteiger partial charge in [-0.15, -0.1) is 12.4 Å². The van der Waals surface area contributed by atoms with Gasteiger partial charge in [0.1, 0.15) is 0 Å². The van der Waals surface area contributed by atoms with Crippen LogP contribution in [-0.2, 0) is 11.3 Å². The van der Waals surface area contributed by atoms with Gasteiger partial charge in [0.2, 0.25) is 0 Å². The minimum Gasteiger partial charge on any atom is -0.374 e. The molecule has 2 rings (SSSR count). The summed E-state index contributed by atoms with van der Waals surface area (Å²) in [7, 11) is 0. The fraction of sp³-hybridized carbons (Fsp3) is 0.545. The molecule has 1 unspecified atom stereocenters. The van der Waals surface area contributed by atoms with Crippen LogP contribution < -0.4 is 5.73 Å². The summed E-state index contributed by atoms with van der Waals surface area (Å²) < 4.78 is 5.51. The first-order valence-corrected chi connectivity index (χ1v) is 5.31. The van der Waals surface area contributed by atoms with Gasteiger partial charge in [0, 0.05) is 38.6 Å². The fourth-order valence-corrected chi connectivity index (χ4v) is 1.82. The summed E-state index contributed by atoms with van der Waals surface area (Å²) in [4.78, 5) is 6.47. The molecule has 1 fully saturated rings. The molecule has 0 bridgehead atoms. The Balaban J connectivity index is 0.00000128. The van der Waals surface area contributed by atoms with Crippen LogP contribution in [0, 0.1) is 0 Å². The number of pyridine rings is 1. The number of nitrogens with zero attached hydrogens (tertiary/aromatic N) is 2. The number of hydrogen-bond donors (Lipinski definition) is 1. The zero-order valence-corrected chi connectivity index (χ0v) is 10.0. The molecule has 1 aromatic heterocycles. The minimum absolute atomic E-state index is 0. The molecule has 0 spiro atoms. The summed E-state index contributed by atoms with van der Waals surface area (Å²) >= 11 is 0. The molecule has 16 heavy (non-hydrogen) atoms. The second-order valence-electron chi connectivity index (χ2n) is 3.82. The lowest BCUT2D eigenvalue weighted by Crippen LogP contribution is -2.45. The number of ether oxygens (including phenoxy) is 1. The van der Waals surface area contributed by atoms with E-state index in [1.54, 1.807) is 6.20 Å². The van der Waals surface area contributed by atoms with Crippen molar-refractivity contribution in [2.45, 2.75) is 12.6 Å². The molecule has 1 aliphatic rings. The van der Waals surface area contributed by atoms with Crippen molar-refractivity contribution in [2.75, 3.05) is 26.2 Å². The van der Waals surface area contributed by atoms with Crippen LogP contribution in [0.15, 0.2) is 24.5 Å². The average molecular weight is 244 g/mol. The Morgan fingerprint density at radius 3 is 3.12 bits per heavy atom. The quantitative estimate of drug-likeness (QED) is 0.848. The zero-order valence-electron chi connectivity index (χ0n) is 9.21. The summed E-state index contributed by atoms with van der Waals surface area (Å²) in [5, 5.41) is 0. The first-order chi connectivity index (χ1) is 7.38. The van der Waals surface area contributed by atoms with E-state index in [-0.39, 0.29) is 18.5 Å². The van der Waals surface area contributed by atoms with Gasteiger partial charge in [0.05, 0.1) is 12.7 Å². The lowest BCUT2D eigenvalue weighted by molar-refractivity contribution is -0.0260. The number of aromatic nitrogens is 1. The highest BCUT2D eigenvalue weighted by atomic mass is 35.5. The normalized spacial score (nSPS) is 21.4. The van der Waals surface area contributed by atoms with Crippen LogP contribution in [0.1, 0.15) is 5.56 Å². The van der Waals surface area contributed by atoms with E-state index >= 15 is 0 Å². The Labute approximate surface area is 102 Å². The van der Waals surface area contributed by atoms with E-state index in [0.29, 0.717) is 6.54 Å². The molecule has 0 aromatic carbocycles. The van der Waals surface area contributed by atoms with E-state index in [2.05, 4.69) is 16.0 Å². The van der Waals surface area contributed by atoms with E-state index < -0.39 is 0 Å². The lowest BCUT2D eigenvalue weighted by Gasteiger charge is -2.32. The van der Waals surface area contributed by atoms with Crippen LogP contribution in [0.3, 0.4) is 0 Å². The molecule has 5 heteroatoms. The first-order valence-electron chi connectivity index (χ1n) is 5.31. The maximum absolute atomic E-state index is 5.59. The van der Waals surface area contributed by atoms with Crippen molar-refractivity contribution in [1.29, 1.82) is 0 Å². The van der Waals surface area contributed by atoms with Crippen LogP contribution in [0.25, 0.3) is 0 Å². The molecule has 1 aliphatic heterocycles. The monoisotopic (exact) mass is 243 g/mol. The summed E-state index contributed by atoms with van der Waals surface area (Å²) in [6.45, 7) is 4.22. The SMILES string of the molecule is Cl.NCC1CN(Cc2cccnc2)CCO1. The Hall–Kier alpha value is -0.680. The third-order valence-corrected chi connectivity index (χ3v) is 2.61. The second kappa shape index (κ2) is 6.81. The highest BCUT2D eigenvalue weighted by molar-refractivity contribution is 5.85. The summed E-state index contributed by atoms with van der Waals surface area (Å²) in [5.41, 5.74) is 6.84. The number of halogens is 1. The van der Waals surface area contributed by atoms with Crippen molar-refractivity contribution in [3.05, 3.63) is 30.1 Å². The highest BCUT2D eigenvalue weighted by Crippen LogP contribution is 2.08. The smallest absolute Gasteiger partial charge is 0.0824 e. The Morgan fingerprint density at radius 2 is 2.44 bits per heavy atom. The van der Waals surface area contributed by atoms with E-state index in [4.69, 9.17) is 10.5 Å². The van der Waals surface area contributed by atoms with E-state index in [1.807, 2.05) is 12.3 Å². The third-order valence-electron chi connectivity index (χ3n) is 2.61. The third kappa shape index (κ3) is 3.72. The minimum atomic E-state index is 0. The van der Waals surface area contributed by atoms with Gasteiger partial charge in [-0.3, -0.25) is 9.88 Å². The van der Waals surface area contributed by atoms with Gasteiger partial charge in [-0.2, -0.15) is 0 Å². The molecule has 1 aromatic rings. The maximum Gasteiger partial charge on any atom is 0.0824 e. The first kappa shape index (κ1) is 13.4. The molecule has 2 N–H and O–H groups in total. The van der Waals surface area contributed by atoms with Crippen molar-refractivity contribution in [3.63, 3.8) is 0 Å². The van der Waals surface area contributed by atoms with Gasteiger partial charge >= 0.3 is 0 Å². The van der Waals surface area contributed by atoms with Gasteiger partial charge < -0.3 is 10.5 Å². The largest absolute Gasteiger partial charge is 0.374 e. The number of rotatable bonds is 3. The standard InChI is InChI=1S/C11H17N3O.ClH/c12-6-11-9-14(4-5-15-11)8-10-2-1-3-13-7-10;/h1-3,7,11H,4-6,8-9,12H2;1H. The van der Waals surface area contributed by atoms with Gasteiger partial charge in [-0.1, -0.05) is 6.07 Å². The molecule has 2 heterocycles. The van der Waals surface area contributed by atoms with Gasteiger partial charge in [0.15, 0.2) is 0 Å². The molecular formula is C11H18ClN3O. The average Bonchev–Trinajstić information content (AvgIpc) is 2.31. The molecule has 0 aliphatic carbocycles. The highest BCUT2D eigenvalue weighted by Gasteiger charge is 2.18. The number of hydrogen-bond acceptors (Lipinski definition) is 4. The summed E-state index contributed by atoms with van der Waals surface area (Å²) in [5.74, 6) is 0. The van der Waals surface area contributed by atoms with Crippen molar-refractivity contribution >= 4 is 12.4 Å². The van der Waals surface area contributed by atoms with Gasteiger partial charge in [0.25, 0.3) is 0 Å². The van der Waals surface area contributed by atoms with Crippen LogP contribution in [0.2, 0.25) is 0 Å². The van der Waals surface area contributed by atoms with E-state index in [1.165, 1.54) is 5.56 Å². The molecule has 4 nitrogen and oxygen atoms in total. The van der Waals surface area contributed by atoms with E-state index in [0.717, 1.165) is 26.2 Å². The van der Waals surface area contributed by atoms with Crippen LogP contribution >= 0.6 is 12.4 Å². The second-order valence-corrected chi connectivity index (χ2v) is 3.82. The van der Waals surface area contributed by atoms with E-state index in [9.17, 15) is 0 Å². The molecule has 1 saturated heterocycles. The number of morpholine rings is 1. The van der Waals surface area contributed by atoms with Crippen molar-refractivity contribution in [2.24, 2.45) is 5.73 Å². The fourth-order valence-electron chi connectivity index (χ4n) is 1.82. The Kier molecular flexibility index (Phi) is 5.69. The van der Waals surface area contributed by atoms with Crippen molar-refractivity contribution in [3.8, 4) is 0 Å². The summed E-state index contributed by atoms with van der Waals surface area (Å²) in [6.07, 6.45) is 3.90. The predicted octanol–water partition coefficient (Wildman–Crippen LogP) is 0.663. The van der Waals surface area contributed by atoms with Gasteiger partial charge in [-0.25, -0.2) is 0 Å². The van der Waals surface area contributed by atoms with Crippen LogP contribution in [-0.4, -0.2) is 42.2 Å². The van der Waals surface area contributed by atoms with Crippen LogP contribution in [0.4, 0.5) is 0 Å². The van der Waals surface area contributed by atoms with Crippen molar-refractivity contribution in [1.82, 2.24) is 9.88 Å². The molecule has 0 radical (unpaired) electrons.